The van der Waals surface area contributed by atoms with Crippen LogP contribution in [0.1, 0.15) is 11.1 Å². The van der Waals surface area contributed by atoms with E-state index in [4.69, 9.17) is 27.9 Å². The number of rotatable bonds is 6. The minimum atomic E-state index is -0.435. The second-order valence-corrected chi connectivity index (χ2v) is 5.40. The maximum Gasteiger partial charge on any atom is 0.323 e. The topological polar surface area (TPSA) is 64.1 Å². The zero-order valence-corrected chi connectivity index (χ0v) is 15.9. The summed E-state index contributed by atoms with van der Waals surface area (Å²) in [6.07, 6.45) is 3.90. The zero-order chi connectivity index (χ0) is 15.9. The molecule has 0 unspecified atom stereocenters. The Bertz CT molecular complexity index is 624. The maximum atomic E-state index is 12.1. The fraction of sp³-hybridized carbons (Fsp3) is 0.267. The number of hydrogen-bond acceptors (Lipinski definition) is 5. The summed E-state index contributed by atoms with van der Waals surface area (Å²) in [5.74, 6) is -0.344. The van der Waals surface area contributed by atoms with E-state index < -0.39 is 6.04 Å². The fourth-order valence-corrected chi connectivity index (χ4v) is 2.42. The summed E-state index contributed by atoms with van der Waals surface area (Å²) in [5.41, 5.74) is 1.69. The molecule has 0 aliphatic rings. The van der Waals surface area contributed by atoms with E-state index in [1.165, 1.54) is 0 Å². The molecule has 0 fully saturated rings. The van der Waals surface area contributed by atoms with Gasteiger partial charge in [-0.2, -0.15) is 0 Å². The highest BCUT2D eigenvalue weighted by Crippen LogP contribution is 2.15. The first-order valence-electron chi connectivity index (χ1n) is 6.63. The van der Waals surface area contributed by atoms with Crippen LogP contribution >= 0.6 is 48.0 Å². The monoisotopic (exact) mass is 411 g/mol. The molecule has 2 aromatic rings. The van der Waals surface area contributed by atoms with Gasteiger partial charge in [-0.3, -0.25) is 9.78 Å². The third-order valence-corrected chi connectivity index (χ3v) is 3.41. The van der Waals surface area contributed by atoms with Crippen molar-refractivity contribution in [2.24, 2.45) is 0 Å². The van der Waals surface area contributed by atoms with Crippen molar-refractivity contribution in [3.05, 3.63) is 58.1 Å². The first kappa shape index (κ1) is 22.9. The van der Waals surface area contributed by atoms with Gasteiger partial charge in [-0.25, -0.2) is 4.98 Å². The second kappa shape index (κ2) is 11.4. The van der Waals surface area contributed by atoms with E-state index in [0.29, 0.717) is 12.0 Å². The van der Waals surface area contributed by atoms with E-state index in [1.54, 1.807) is 31.6 Å². The van der Waals surface area contributed by atoms with Crippen molar-refractivity contribution < 1.29 is 9.53 Å². The third-order valence-electron chi connectivity index (χ3n) is 3.03. The SMILES string of the molecule is CN[C@@H](Cc1ccncc1)C(=O)OCc1cc(Cl)nc(Cl)c1.Cl.Cl. The molecule has 9 heteroatoms. The molecule has 0 saturated carbocycles. The molecule has 0 aromatic carbocycles. The van der Waals surface area contributed by atoms with Crippen LogP contribution in [0.25, 0.3) is 0 Å². The molecule has 2 heterocycles. The van der Waals surface area contributed by atoms with Gasteiger partial charge in [-0.05, 0) is 48.9 Å². The summed E-state index contributed by atoms with van der Waals surface area (Å²) >= 11 is 11.6. The lowest BCUT2D eigenvalue weighted by molar-refractivity contribution is -0.147. The average molecular weight is 413 g/mol. The minimum Gasteiger partial charge on any atom is -0.460 e. The Balaban J connectivity index is 0.00000264. The molecule has 0 aliphatic carbocycles. The summed E-state index contributed by atoms with van der Waals surface area (Å²) in [6, 6.07) is 6.51. The molecule has 0 saturated heterocycles. The number of nitrogens with zero attached hydrogens (tertiary/aromatic N) is 2. The molecule has 0 aliphatic heterocycles. The van der Waals surface area contributed by atoms with Gasteiger partial charge in [0.05, 0.1) is 0 Å². The van der Waals surface area contributed by atoms with Gasteiger partial charge in [0, 0.05) is 12.4 Å². The van der Waals surface area contributed by atoms with Crippen LogP contribution < -0.4 is 5.32 Å². The zero-order valence-electron chi connectivity index (χ0n) is 12.7. The van der Waals surface area contributed by atoms with Crippen molar-refractivity contribution in [1.82, 2.24) is 15.3 Å². The number of aromatic nitrogens is 2. The van der Waals surface area contributed by atoms with Gasteiger partial charge in [0.2, 0.25) is 0 Å². The largest absolute Gasteiger partial charge is 0.460 e. The van der Waals surface area contributed by atoms with Gasteiger partial charge < -0.3 is 10.1 Å². The van der Waals surface area contributed by atoms with Crippen LogP contribution in [-0.4, -0.2) is 29.0 Å². The standard InChI is InChI=1S/C15H15Cl2N3O2.2ClH/c1-18-12(6-10-2-4-19-5-3-10)15(21)22-9-11-7-13(16)20-14(17)8-11;;/h2-5,7-8,12,18H,6,9H2,1H3;2*1H/t12-;;/m0../s1. The molecule has 0 amide bonds. The van der Waals surface area contributed by atoms with Crippen molar-refractivity contribution in [2.45, 2.75) is 19.1 Å². The van der Waals surface area contributed by atoms with Gasteiger partial charge in [0.25, 0.3) is 0 Å². The number of esters is 1. The molecule has 5 nitrogen and oxygen atoms in total. The number of nitrogens with one attached hydrogen (secondary N) is 1. The van der Waals surface area contributed by atoms with E-state index in [1.807, 2.05) is 12.1 Å². The second-order valence-electron chi connectivity index (χ2n) is 4.63. The Kier molecular flexibility index (Phi) is 10.9. The first-order valence-corrected chi connectivity index (χ1v) is 7.39. The van der Waals surface area contributed by atoms with Crippen LogP contribution in [0.5, 0.6) is 0 Å². The van der Waals surface area contributed by atoms with Crippen LogP contribution in [0.4, 0.5) is 0 Å². The lowest BCUT2D eigenvalue weighted by Gasteiger charge is -2.15. The molecule has 0 radical (unpaired) electrons. The van der Waals surface area contributed by atoms with E-state index in [9.17, 15) is 4.79 Å². The smallest absolute Gasteiger partial charge is 0.323 e. The van der Waals surface area contributed by atoms with Crippen LogP contribution in [0.2, 0.25) is 10.3 Å². The first-order chi connectivity index (χ1) is 10.6. The molecule has 1 atom stereocenters. The lowest BCUT2D eigenvalue weighted by atomic mass is 10.1. The van der Waals surface area contributed by atoms with Crippen LogP contribution in [-0.2, 0) is 22.6 Å². The summed E-state index contributed by atoms with van der Waals surface area (Å²) in [5, 5.41) is 3.48. The number of carbonyl (C=O) groups excluding carboxylic acids is 1. The highest BCUT2D eigenvalue weighted by Gasteiger charge is 2.18. The Morgan fingerprint density at radius 2 is 1.75 bits per heavy atom. The van der Waals surface area contributed by atoms with Crippen molar-refractivity contribution in [3.63, 3.8) is 0 Å². The number of ether oxygens (including phenoxy) is 1. The highest BCUT2D eigenvalue weighted by molar-refractivity contribution is 6.32. The van der Waals surface area contributed by atoms with Crippen molar-refractivity contribution in [3.8, 4) is 0 Å². The van der Waals surface area contributed by atoms with E-state index in [-0.39, 0.29) is 47.7 Å². The van der Waals surface area contributed by atoms with Crippen LogP contribution in [0.3, 0.4) is 0 Å². The Morgan fingerprint density at radius 3 is 2.29 bits per heavy atom. The molecule has 0 bridgehead atoms. The Hall–Kier alpha value is -1.11. The summed E-state index contributed by atoms with van der Waals surface area (Å²) in [7, 11) is 1.72. The van der Waals surface area contributed by atoms with Gasteiger partial charge >= 0.3 is 5.97 Å². The van der Waals surface area contributed by atoms with Crippen molar-refractivity contribution >= 4 is 54.0 Å². The molecule has 2 rings (SSSR count). The molecule has 132 valence electrons. The third kappa shape index (κ3) is 7.20. The van der Waals surface area contributed by atoms with Gasteiger partial charge in [0.15, 0.2) is 0 Å². The molecule has 1 N–H and O–H groups in total. The van der Waals surface area contributed by atoms with E-state index in [0.717, 1.165) is 5.56 Å². The van der Waals surface area contributed by atoms with E-state index in [2.05, 4.69) is 15.3 Å². The van der Waals surface area contributed by atoms with Crippen molar-refractivity contribution in [2.75, 3.05) is 7.05 Å². The number of pyridine rings is 2. The summed E-state index contributed by atoms with van der Waals surface area (Å²) < 4.78 is 5.30. The highest BCUT2D eigenvalue weighted by atomic mass is 35.5. The number of likely N-dealkylation sites (N-methyl/N-ethyl adjacent to an activating group) is 1. The Labute approximate surface area is 162 Å². The molecular weight excluding hydrogens is 396 g/mol. The lowest BCUT2D eigenvalue weighted by Crippen LogP contribution is -2.37. The molecular formula is C15H17Cl4N3O2. The van der Waals surface area contributed by atoms with Crippen LogP contribution in [0, 0.1) is 0 Å². The average Bonchev–Trinajstić information content (AvgIpc) is 2.50. The molecule has 0 spiro atoms. The summed E-state index contributed by atoms with van der Waals surface area (Å²) in [6.45, 7) is 0.0926. The molecule has 2 aromatic heterocycles. The predicted molar refractivity (Wildman–Crippen MR) is 99.3 cm³/mol. The normalized spacial score (nSPS) is 11.0. The predicted octanol–water partition coefficient (Wildman–Crippen LogP) is 3.50. The quantitative estimate of drug-likeness (QED) is 0.581. The fourth-order valence-electron chi connectivity index (χ4n) is 1.91. The molecule has 24 heavy (non-hydrogen) atoms. The van der Waals surface area contributed by atoms with E-state index >= 15 is 0 Å². The number of halogens is 4. The number of hydrogen-bond donors (Lipinski definition) is 1. The van der Waals surface area contributed by atoms with Crippen molar-refractivity contribution in [1.29, 1.82) is 0 Å². The summed E-state index contributed by atoms with van der Waals surface area (Å²) in [4.78, 5) is 19.9. The maximum absolute atomic E-state index is 12.1. The van der Waals surface area contributed by atoms with Gasteiger partial charge in [-0.1, -0.05) is 23.2 Å². The van der Waals surface area contributed by atoms with Crippen LogP contribution in [0.15, 0.2) is 36.7 Å². The Morgan fingerprint density at radius 1 is 1.17 bits per heavy atom. The van der Waals surface area contributed by atoms with Gasteiger partial charge in [0.1, 0.15) is 23.0 Å². The minimum absolute atomic E-state index is 0. The van der Waals surface area contributed by atoms with Gasteiger partial charge in [-0.15, -0.1) is 24.8 Å². The number of carbonyl (C=O) groups is 1.